The minimum absolute atomic E-state index is 0.0215. The number of esters is 1. The summed E-state index contributed by atoms with van der Waals surface area (Å²) in [4.78, 5) is 15.4. The molecule has 0 amide bonds. The van der Waals surface area contributed by atoms with Crippen LogP contribution in [-0.4, -0.2) is 26.5 Å². The van der Waals surface area contributed by atoms with E-state index in [9.17, 15) is 13.2 Å². The molecule has 1 unspecified atom stereocenters. The molecule has 0 bridgehead atoms. The fourth-order valence-corrected chi connectivity index (χ4v) is 3.64. The van der Waals surface area contributed by atoms with E-state index < -0.39 is 21.2 Å². The SMILES string of the molecule is COC(=O)c1ccc(CNS(=O)(=O)C(C)c2cc(C)cc(Cl)c2)nc1. The Morgan fingerprint density at radius 2 is 2.04 bits per heavy atom. The first-order valence-electron chi connectivity index (χ1n) is 7.51. The molecule has 6 nitrogen and oxygen atoms in total. The van der Waals surface area contributed by atoms with E-state index in [1.165, 1.54) is 19.4 Å². The van der Waals surface area contributed by atoms with Crippen LogP contribution in [0.3, 0.4) is 0 Å². The molecule has 0 aliphatic carbocycles. The lowest BCUT2D eigenvalue weighted by atomic mass is 10.1. The first-order chi connectivity index (χ1) is 11.7. The van der Waals surface area contributed by atoms with Crippen LogP contribution in [0.25, 0.3) is 0 Å². The van der Waals surface area contributed by atoms with Gasteiger partial charge in [0.05, 0.1) is 30.2 Å². The second kappa shape index (κ2) is 7.95. The number of rotatable bonds is 6. The van der Waals surface area contributed by atoms with E-state index in [-0.39, 0.29) is 6.54 Å². The molecule has 0 aliphatic rings. The van der Waals surface area contributed by atoms with Crippen molar-refractivity contribution < 1.29 is 17.9 Å². The van der Waals surface area contributed by atoms with Crippen molar-refractivity contribution >= 4 is 27.6 Å². The van der Waals surface area contributed by atoms with Crippen molar-refractivity contribution in [2.24, 2.45) is 0 Å². The lowest BCUT2D eigenvalue weighted by Crippen LogP contribution is -2.28. The Morgan fingerprint density at radius 3 is 2.60 bits per heavy atom. The monoisotopic (exact) mass is 382 g/mol. The van der Waals surface area contributed by atoms with Gasteiger partial charge in [-0.05, 0) is 49.2 Å². The van der Waals surface area contributed by atoms with Gasteiger partial charge in [0.2, 0.25) is 10.0 Å². The summed E-state index contributed by atoms with van der Waals surface area (Å²) in [6, 6.07) is 8.31. The molecular formula is C17H19ClN2O4S. The van der Waals surface area contributed by atoms with Gasteiger partial charge in [-0.1, -0.05) is 17.7 Å². The van der Waals surface area contributed by atoms with E-state index in [0.717, 1.165) is 5.56 Å². The maximum atomic E-state index is 12.5. The number of nitrogens with one attached hydrogen (secondary N) is 1. The first-order valence-corrected chi connectivity index (χ1v) is 9.44. The number of carbonyl (C=O) groups is 1. The summed E-state index contributed by atoms with van der Waals surface area (Å²) in [6.45, 7) is 3.48. The fourth-order valence-electron chi connectivity index (χ4n) is 2.25. The number of nitrogens with zero attached hydrogens (tertiary/aromatic N) is 1. The minimum atomic E-state index is -3.62. The average Bonchev–Trinajstić information content (AvgIpc) is 2.58. The van der Waals surface area contributed by atoms with Crippen LogP contribution in [0.2, 0.25) is 5.02 Å². The number of sulfonamides is 1. The van der Waals surface area contributed by atoms with Crippen molar-refractivity contribution in [3.8, 4) is 0 Å². The highest BCUT2D eigenvalue weighted by Gasteiger charge is 2.23. The molecule has 25 heavy (non-hydrogen) atoms. The zero-order valence-corrected chi connectivity index (χ0v) is 15.7. The molecule has 134 valence electrons. The number of benzene rings is 1. The zero-order chi connectivity index (χ0) is 18.6. The van der Waals surface area contributed by atoms with Crippen molar-refractivity contribution in [2.45, 2.75) is 25.6 Å². The molecule has 1 aromatic heterocycles. The van der Waals surface area contributed by atoms with Crippen molar-refractivity contribution in [1.82, 2.24) is 9.71 Å². The first kappa shape index (κ1) is 19.4. The lowest BCUT2D eigenvalue weighted by Gasteiger charge is -2.15. The van der Waals surface area contributed by atoms with E-state index in [4.69, 9.17) is 11.6 Å². The Labute approximate surface area is 152 Å². The van der Waals surface area contributed by atoms with Crippen LogP contribution in [-0.2, 0) is 21.3 Å². The van der Waals surface area contributed by atoms with Crippen LogP contribution in [0.15, 0.2) is 36.5 Å². The van der Waals surface area contributed by atoms with Gasteiger partial charge >= 0.3 is 5.97 Å². The molecule has 2 rings (SSSR count). The second-order valence-corrected chi connectivity index (χ2v) is 8.12. The molecule has 0 spiro atoms. The summed E-state index contributed by atoms with van der Waals surface area (Å²) in [7, 11) is -2.34. The lowest BCUT2D eigenvalue weighted by molar-refractivity contribution is 0.0600. The van der Waals surface area contributed by atoms with Gasteiger partial charge in [-0.3, -0.25) is 4.98 Å². The average molecular weight is 383 g/mol. The Hall–Kier alpha value is -1.96. The standard InChI is InChI=1S/C17H19ClN2O4S/c1-11-6-14(8-15(18)7-11)12(2)25(22,23)20-10-16-5-4-13(9-19-16)17(21)24-3/h4-9,12,20H,10H2,1-3H3. The third-order valence-electron chi connectivity index (χ3n) is 3.70. The number of pyridine rings is 1. The second-order valence-electron chi connectivity index (χ2n) is 5.60. The molecular weight excluding hydrogens is 364 g/mol. The highest BCUT2D eigenvalue weighted by molar-refractivity contribution is 7.89. The van der Waals surface area contributed by atoms with E-state index in [1.807, 2.05) is 6.92 Å². The van der Waals surface area contributed by atoms with Crippen molar-refractivity contribution in [3.05, 3.63) is 63.9 Å². The van der Waals surface area contributed by atoms with Gasteiger partial charge in [-0.25, -0.2) is 17.9 Å². The molecule has 0 saturated heterocycles. The predicted molar refractivity (Wildman–Crippen MR) is 95.9 cm³/mol. The van der Waals surface area contributed by atoms with E-state index in [0.29, 0.717) is 21.8 Å². The maximum absolute atomic E-state index is 12.5. The summed E-state index contributed by atoms with van der Waals surface area (Å²) in [5.41, 5.74) is 2.30. The van der Waals surface area contributed by atoms with Gasteiger partial charge in [0, 0.05) is 11.2 Å². The number of hydrogen-bond acceptors (Lipinski definition) is 5. The summed E-state index contributed by atoms with van der Waals surface area (Å²) in [5.74, 6) is -0.496. The highest BCUT2D eigenvalue weighted by Crippen LogP contribution is 2.25. The number of methoxy groups -OCH3 is 1. The summed E-state index contributed by atoms with van der Waals surface area (Å²) < 4.78 is 32.1. The highest BCUT2D eigenvalue weighted by atomic mass is 35.5. The third kappa shape index (κ3) is 5.01. The zero-order valence-electron chi connectivity index (χ0n) is 14.1. The van der Waals surface area contributed by atoms with Crippen LogP contribution in [0.1, 0.15) is 39.4 Å². The van der Waals surface area contributed by atoms with Crippen LogP contribution >= 0.6 is 11.6 Å². The number of carbonyl (C=O) groups excluding carboxylic acids is 1. The number of hydrogen-bond donors (Lipinski definition) is 1. The van der Waals surface area contributed by atoms with Crippen molar-refractivity contribution in [1.29, 1.82) is 0 Å². The van der Waals surface area contributed by atoms with Crippen LogP contribution < -0.4 is 4.72 Å². The summed E-state index contributed by atoms with van der Waals surface area (Å²) >= 11 is 6.01. The molecule has 1 aromatic carbocycles. The third-order valence-corrected chi connectivity index (χ3v) is 5.67. The van der Waals surface area contributed by atoms with Crippen molar-refractivity contribution in [2.75, 3.05) is 7.11 Å². The molecule has 1 heterocycles. The summed E-state index contributed by atoms with van der Waals surface area (Å²) in [6.07, 6.45) is 1.35. The Morgan fingerprint density at radius 1 is 1.32 bits per heavy atom. The molecule has 0 fully saturated rings. The molecule has 0 saturated carbocycles. The maximum Gasteiger partial charge on any atom is 0.339 e. The number of halogens is 1. The normalized spacial score (nSPS) is 12.6. The van der Waals surface area contributed by atoms with E-state index in [1.54, 1.807) is 31.2 Å². The van der Waals surface area contributed by atoms with Gasteiger partial charge < -0.3 is 4.74 Å². The molecule has 1 N–H and O–H groups in total. The van der Waals surface area contributed by atoms with Gasteiger partial charge in [-0.2, -0.15) is 0 Å². The Balaban J connectivity index is 2.09. The molecule has 0 aliphatic heterocycles. The molecule has 0 radical (unpaired) electrons. The van der Waals surface area contributed by atoms with Gasteiger partial charge in [0.15, 0.2) is 0 Å². The smallest absolute Gasteiger partial charge is 0.339 e. The summed E-state index contributed by atoms with van der Waals surface area (Å²) in [5, 5.41) is -0.267. The van der Waals surface area contributed by atoms with Crippen molar-refractivity contribution in [3.63, 3.8) is 0 Å². The van der Waals surface area contributed by atoms with Gasteiger partial charge in [-0.15, -0.1) is 0 Å². The Kier molecular flexibility index (Phi) is 6.16. The number of aromatic nitrogens is 1. The minimum Gasteiger partial charge on any atom is -0.465 e. The van der Waals surface area contributed by atoms with Gasteiger partial charge in [0.25, 0.3) is 0 Å². The molecule has 1 atom stereocenters. The van der Waals surface area contributed by atoms with E-state index in [2.05, 4.69) is 14.4 Å². The quantitative estimate of drug-likeness (QED) is 0.776. The Bertz CT molecular complexity index is 846. The number of ether oxygens (including phenoxy) is 1. The number of aryl methyl sites for hydroxylation is 1. The van der Waals surface area contributed by atoms with E-state index >= 15 is 0 Å². The fraction of sp³-hybridized carbons (Fsp3) is 0.294. The van der Waals surface area contributed by atoms with Gasteiger partial charge in [0.1, 0.15) is 0 Å². The molecule has 2 aromatic rings. The molecule has 8 heteroatoms. The topological polar surface area (TPSA) is 85.4 Å². The van der Waals surface area contributed by atoms with Crippen LogP contribution in [0.4, 0.5) is 0 Å². The van der Waals surface area contributed by atoms with Crippen LogP contribution in [0, 0.1) is 6.92 Å². The predicted octanol–water partition coefficient (Wildman–Crippen LogP) is 3.01. The van der Waals surface area contributed by atoms with Crippen LogP contribution in [0.5, 0.6) is 0 Å². The largest absolute Gasteiger partial charge is 0.465 e.